The molecule has 0 unspecified atom stereocenters. The van der Waals surface area contributed by atoms with Crippen LogP contribution >= 0.6 is 11.3 Å². The number of carboxylic acids is 1. The Kier molecular flexibility index (Phi) is 11.0. The van der Waals surface area contributed by atoms with Gasteiger partial charge in [-0.2, -0.15) is 13.2 Å². The molecular weight excluding hydrogens is 457 g/mol. The number of halogens is 3. The van der Waals surface area contributed by atoms with Crippen molar-refractivity contribution in [3.8, 4) is 10.6 Å². The van der Waals surface area contributed by atoms with Crippen LogP contribution in [-0.4, -0.2) is 65.7 Å². The predicted octanol–water partition coefficient (Wildman–Crippen LogP) is 4.81. The van der Waals surface area contributed by atoms with Gasteiger partial charge < -0.3 is 20.5 Å². The number of unbranched alkanes of at least 4 members (excludes halogenated alkanes) is 3. The second-order valence-corrected chi connectivity index (χ2v) is 8.90. The van der Waals surface area contributed by atoms with Gasteiger partial charge in [-0.3, -0.25) is 0 Å². The van der Waals surface area contributed by atoms with Crippen molar-refractivity contribution >= 4 is 22.4 Å². The van der Waals surface area contributed by atoms with Crippen LogP contribution in [0.15, 0.2) is 24.3 Å². The molecule has 0 spiro atoms. The second-order valence-electron chi connectivity index (χ2n) is 7.89. The molecule has 0 aliphatic carbocycles. The first-order valence-electron chi connectivity index (χ1n) is 10.9. The van der Waals surface area contributed by atoms with Crippen LogP contribution in [0.3, 0.4) is 0 Å². The summed E-state index contributed by atoms with van der Waals surface area (Å²) in [6, 6.07) is 8.81. The number of carboxylic acid groups (broad SMARTS) is 1. The molecule has 11 heteroatoms. The third-order valence-electron chi connectivity index (χ3n) is 5.47. The largest absolute Gasteiger partial charge is 0.490 e. The number of methoxy groups -OCH3 is 1. The van der Waals surface area contributed by atoms with Crippen molar-refractivity contribution < 1.29 is 27.8 Å². The van der Waals surface area contributed by atoms with Crippen molar-refractivity contribution in [1.82, 2.24) is 15.1 Å². The number of aromatic nitrogens is 2. The third kappa shape index (κ3) is 9.65. The van der Waals surface area contributed by atoms with Crippen LogP contribution in [-0.2, 0) is 9.53 Å². The number of hydrogen-bond donors (Lipinski definition) is 2. The van der Waals surface area contributed by atoms with E-state index < -0.39 is 12.1 Å². The Morgan fingerprint density at radius 3 is 2.27 bits per heavy atom. The first-order valence-corrected chi connectivity index (χ1v) is 11.7. The number of benzene rings is 1. The predicted molar refractivity (Wildman–Crippen MR) is 122 cm³/mol. The normalized spacial score (nSPS) is 15.2. The molecule has 1 aromatic heterocycles. The molecule has 184 valence electrons. The number of aliphatic carboxylic acids is 1. The topological polar surface area (TPSA) is 102 Å². The summed E-state index contributed by atoms with van der Waals surface area (Å²) in [5.74, 6) is -2.08. The lowest BCUT2D eigenvalue weighted by Crippen LogP contribution is -2.33. The molecule has 33 heavy (non-hydrogen) atoms. The lowest BCUT2D eigenvalue weighted by molar-refractivity contribution is -0.192. The van der Waals surface area contributed by atoms with Crippen LogP contribution in [0.1, 0.15) is 50.0 Å². The van der Waals surface area contributed by atoms with Gasteiger partial charge in [0.2, 0.25) is 5.13 Å². The molecule has 0 amide bonds. The highest BCUT2D eigenvalue weighted by atomic mass is 32.1. The fraction of sp³-hybridized carbons (Fsp3) is 0.591. The van der Waals surface area contributed by atoms with Crippen LogP contribution < -0.4 is 5.73 Å². The van der Waals surface area contributed by atoms with E-state index in [-0.39, 0.29) is 0 Å². The molecule has 1 aliphatic rings. The fourth-order valence-electron chi connectivity index (χ4n) is 3.67. The molecule has 0 bridgehead atoms. The van der Waals surface area contributed by atoms with Crippen molar-refractivity contribution in [2.24, 2.45) is 0 Å². The molecule has 0 atom stereocenters. The highest BCUT2D eigenvalue weighted by molar-refractivity contribution is 7.18. The molecule has 2 aromatic rings. The van der Waals surface area contributed by atoms with Crippen molar-refractivity contribution in [2.75, 3.05) is 39.1 Å². The van der Waals surface area contributed by atoms with Crippen molar-refractivity contribution in [3.05, 3.63) is 29.8 Å². The van der Waals surface area contributed by atoms with Crippen molar-refractivity contribution in [3.63, 3.8) is 0 Å². The van der Waals surface area contributed by atoms with E-state index in [9.17, 15) is 13.2 Å². The molecule has 3 rings (SSSR count). The summed E-state index contributed by atoms with van der Waals surface area (Å²) in [6.45, 7) is 4.59. The quantitative estimate of drug-likeness (QED) is 0.489. The Bertz CT molecular complexity index is 838. The minimum Gasteiger partial charge on any atom is -0.475 e. The van der Waals surface area contributed by atoms with Crippen LogP contribution in [0.2, 0.25) is 0 Å². The number of nitrogen functional groups attached to an aromatic ring is 1. The Morgan fingerprint density at radius 2 is 1.76 bits per heavy atom. The lowest BCUT2D eigenvalue weighted by Gasteiger charge is -2.32. The fourth-order valence-corrected chi connectivity index (χ4v) is 4.29. The van der Waals surface area contributed by atoms with E-state index in [0.717, 1.165) is 17.2 Å². The number of carbonyl (C=O) groups is 1. The molecule has 1 saturated heterocycles. The maximum absolute atomic E-state index is 10.6. The number of rotatable bonds is 9. The summed E-state index contributed by atoms with van der Waals surface area (Å²) in [7, 11) is 1.78. The molecule has 0 saturated carbocycles. The van der Waals surface area contributed by atoms with Gasteiger partial charge in [-0.1, -0.05) is 48.4 Å². The molecule has 3 N–H and O–H groups in total. The zero-order valence-electron chi connectivity index (χ0n) is 18.7. The van der Waals surface area contributed by atoms with Crippen LogP contribution in [0.5, 0.6) is 0 Å². The maximum Gasteiger partial charge on any atom is 0.490 e. The van der Waals surface area contributed by atoms with E-state index >= 15 is 0 Å². The van der Waals surface area contributed by atoms with E-state index in [1.807, 2.05) is 0 Å². The summed E-state index contributed by atoms with van der Waals surface area (Å²) in [4.78, 5) is 11.5. The van der Waals surface area contributed by atoms with Gasteiger partial charge in [0.05, 0.1) is 0 Å². The summed E-state index contributed by atoms with van der Waals surface area (Å²) in [6.07, 6.45) is 2.55. The number of hydrogen-bond acceptors (Lipinski definition) is 7. The van der Waals surface area contributed by atoms with E-state index in [0.29, 0.717) is 11.0 Å². The number of piperidine rings is 1. The minimum absolute atomic E-state index is 0.523. The molecular formula is C22H31F3N4O3S. The van der Waals surface area contributed by atoms with Gasteiger partial charge in [0, 0.05) is 19.3 Å². The standard InChI is InChI=1S/C20H30N4OS.C2HF3O2/c1-25-15-5-3-2-4-12-24-13-10-17(11-14-24)16-6-8-18(9-7-16)19-22-23-20(21)26-19;3-2(4,5)1(6)7/h6-9,17H,2-5,10-15H2,1H3,(H2,21,23);(H,6,7). The summed E-state index contributed by atoms with van der Waals surface area (Å²) in [5, 5.41) is 16.6. The summed E-state index contributed by atoms with van der Waals surface area (Å²) < 4.78 is 36.8. The summed E-state index contributed by atoms with van der Waals surface area (Å²) >= 11 is 1.44. The minimum atomic E-state index is -5.08. The monoisotopic (exact) mass is 488 g/mol. The molecule has 0 radical (unpaired) electrons. The number of ether oxygens (including phenoxy) is 1. The maximum atomic E-state index is 10.6. The highest BCUT2D eigenvalue weighted by Gasteiger charge is 2.38. The summed E-state index contributed by atoms with van der Waals surface area (Å²) in [5.41, 5.74) is 8.23. The lowest BCUT2D eigenvalue weighted by atomic mass is 9.89. The molecule has 1 aromatic carbocycles. The average Bonchev–Trinajstić information content (AvgIpc) is 3.23. The number of anilines is 1. The number of nitrogens with two attached hydrogens (primary N) is 1. The van der Waals surface area contributed by atoms with Gasteiger partial charge in [0.15, 0.2) is 0 Å². The highest BCUT2D eigenvalue weighted by Crippen LogP contribution is 2.31. The average molecular weight is 489 g/mol. The van der Waals surface area contributed by atoms with Crippen LogP contribution in [0.4, 0.5) is 18.3 Å². The molecule has 2 heterocycles. The SMILES string of the molecule is COCCCCCCN1CCC(c2ccc(-c3nnc(N)s3)cc2)CC1.O=C(O)C(F)(F)F. The number of nitrogens with zero attached hydrogens (tertiary/aromatic N) is 3. The Hall–Kier alpha value is -2.24. The molecule has 7 nitrogen and oxygen atoms in total. The number of likely N-dealkylation sites (tertiary alicyclic amines) is 1. The van der Waals surface area contributed by atoms with E-state index in [4.69, 9.17) is 20.4 Å². The Morgan fingerprint density at radius 1 is 1.15 bits per heavy atom. The van der Waals surface area contributed by atoms with Gasteiger partial charge in [-0.15, -0.1) is 10.2 Å². The van der Waals surface area contributed by atoms with Gasteiger partial charge in [-0.25, -0.2) is 4.79 Å². The zero-order valence-corrected chi connectivity index (χ0v) is 19.5. The van der Waals surface area contributed by atoms with Crippen LogP contribution in [0, 0.1) is 0 Å². The van der Waals surface area contributed by atoms with Crippen molar-refractivity contribution in [1.29, 1.82) is 0 Å². The van der Waals surface area contributed by atoms with Crippen molar-refractivity contribution in [2.45, 2.75) is 50.6 Å². The second kappa shape index (κ2) is 13.5. The first-order chi connectivity index (χ1) is 15.7. The molecule has 1 fully saturated rings. The first kappa shape index (κ1) is 27.0. The molecule has 1 aliphatic heterocycles. The van der Waals surface area contributed by atoms with Gasteiger partial charge in [0.25, 0.3) is 0 Å². The Labute approximate surface area is 195 Å². The van der Waals surface area contributed by atoms with Gasteiger partial charge >= 0.3 is 12.1 Å². The van der Waals surface area contributed by atoms with E-state index in [1.54, 1.807) is 7.11 Å². The zero-order chi connectivity index (χ0) is 24.3. The van der Waals surface area contributed by atoms with Crippen LogP contribution in [0.25, 0.3) is 10.6 Å². The van der Waals surface area contributed by atoms with E-state index in [1.165, 1.54) is 75.1 Å². The van der Waals surface area contributed by atoms with Gasteiger partial charge in [0.1, 0.15) is 5.01 Å². The number of alkyl halides is 3. The van der Waals surface area contributed by atoms with E-state index in [2.05, 4.69) is 39.4 Å². The Balaban J connectivity index is 0.000000479. The smallest absolute Gasteiger partial charge is 0.475 e. The third-order valence-corrected chi connectivity index (χ3v) is 6.27. The van der Waals surface area contributed by atoms with Gasteiger partial charge in [-0.05, 0) is 56.8 Å².